The minimum atomic E-state index is 0.382. The minimum Gasteiger partial charge on any atom is -0.236 e. The summed E-state index contributed by atoms with van der Waals surface area (Å²) in [5, 5.41) is 2.28. The van der Waals surface area contributed by atoms with E-state index in [1.165, 1.54) is 0 Å². The van der Waals surface area contributed by atoms with E-state index in [9.17, 15) is 0 Å². The van der Waals surface area contributed by atoms with Gasteiger partial charge in [-0.2, -0.15) is 0 Å². The minimum absolute atomic E-state index is 0.382. The molecule has 0 saturated carbocycles. The summed E-state index contributed by atoms with van der Waals surface area (Å²) < 4.78 is 0. The molecular formula is C10H6Cl3N. The van der Waals surface area contributed by atoms with Gasteiger partial charge >= 0.3 is 0 Å². The van der Waals surface area contributed by atoms with Crippen LogP contribution in [0.5, 0.6) is 0 Å². The summed E-state index contributed by atoms with van der Waals surface area (Å²) in [7, 11) is 0. The van der Waals surface area contributed by atoms with Crippen LogP contribution < -0.4 is 0 Å². The average Bonchev–Trinajstić information content (AvgIpc) is 2.10. The molecule has 0 bridgehead atoms. The lowest BCUT2D eigenvalue weighted by molar-refractivity contribution is 1.37. The molecule has 14 heavy (non-hydrogen) atoms. The van der Waals surface area contributed by atoms with Gasteiger partial charge in [-0.05, 0) is 24.6 Å². The van der Waals surface area contributed by atoms with Crippen LogP contribution in [0.25, 0.3) is 10.9 Å². The van der Waals surface area contributed by atoms with Gasteiger partial charge in [0, 0.05) is 5.39 Å². The quantitative estimate of drug-likeness (QED) is 0.624. The first kappa shape index (κ1) is 10.0. The number of nitrogens with zero attached hydrogens (tertiary/aromatic N) is 1. The van der Waals surface area contributed by atoms with Gasteiger partial charge in [0.05, 0.1) is 15.6 Å². The molecule has 72 valence electrons. The van der Waals surface area contributed by atoms with Crippen LogP contribution in [0.1, 0.15) is 5.56 Å². The van der Waals surface area contributed by atoms with E-state index in [2.05, 4.69) is 4.98 Å². The maximum absolute atomic E-state index is 6.03. The van der Waals surface area contributed by atoms with E-state index in [4.69, 9.17) is 34.8 Å². The Kier molecular flexibility index (Phi) is 2.56. The lowest BCUT2D eigenvalue weighted by Gasteiger charge is -2.05. The third-order valence-electron chi connectivity index (χ3n) is 2.03. The number of halogens is 3. The largest absolute Gasteiger partial charge is 0.236 e. The molecule has 2 rings (SSSR count). The summed E-state index contributed by atoms with van der Waals surface area (Å²) in [6, 6.07) is 5.29. The molecule has 0 fully saturated rings. The van der Waals surface area contributed by atoms with E-state index in [-0.39, 0.29) is 0 Å². The smallest absolute Gasteiger partial charge is 0.131 e. The van der Waals surface area contributed by atoms with Crippen molar-refractivity contribution in [2.75, 3.05) is 0 Å². The molecule has 0 unspecified atom stereocenters. The SMILES string of the molecule is Cc1ccc(Cl)c2c(Cl)cc(Cl)nc12. The predicted octanol–water partition coefficient (Wildman–Crippen LogP) is 4.50. The molecule has 0 aliphatic heterocycles. The first-order chi connectivity index (χ1) is 6.59. The molecule has 0 spiro atoms. The van der Waals surface area contributed by atoms with Crippen molar-refractivity contribution in [1.82, 2.24) is 4.98 Å². The second-order valence-corrected chi connectivity index (χ2v) is 4.22. The summed E-state index contributed by atoms with van der Waals surface area (Å²) in [4.78, 5) is 4.19. The monoisotopic (exact) mass is 245 g/mol. The Morgan fingerprint density at radius 3 is 2.50 bits per heavy atom. The molecule has 2 aromatic rings. The first-order valence-electron chi connectivity index (χ1n) is 4.00. The van der Waals surface area contributed by atoms with Crippen LogP contribution in [0.15, 0.2) is 18.2 Å². The molecular weight excluding hydrogens is 240 g/mol. The van der Waals surface area contributed by atoms with Gasteiger partial charge in [-0.25, -0.2) is 4.98 Å². The maximum Gasteiger partial charge on any atom is 0.131 e. The molecule has 1 nitrogen and oxygen atoms in total. The summed E-state index contributed by atoms with van der Waals surface area (Å²) in [6.45, 7) is 1.94. The topological polar surface area (TPSA) is 12.9 Å². The molecule has 0 N–H and O–H groups in total. The highest BCUT2D eigenvalue weighted by Gasteiger charge is 2.08. The maximum atomic E-state index is 6.03. The van der Waals surface area contributed by atoms with Gasteiger partial charge in [-0.15, -0.1) is 0 Å². The van der Waals surface area contributed by atoms with E-state index < -0.39 is 0 Å². The molecule has 1 aromatic heterocycles. The van der Waals surface area contributed by atoms with E-state index in [0.717, 1.165) is 16.5 Å². The Morgan fingerprint density at radius 1 is 1.07 bits per heavy atom. The molecule has 0 radical (unpaired) electrons. The van der Waals surface area contributed by atoms with E-state index in [1.807, 2.05) is 13.0 Å². The number of fused-ring (bicyclic) bond motifs is 1. The fourth-order valence-corrected chi connectivity index (χ4v) is 2.20. The van der Waals surface area contributed by atoms with Gasteiger partial charge in [0.1, 0.15) is 5.15 Å². The van der Waals surface area contributed by atoms with E-state index >= 15 is 0 Å². The Bertz CT molecular complexity index is 508. The van der Waals surface area contributed by atoms with Crippen molar-refractivity contribution in [3.05, 3.63) is 39.0 Å². The van der Waals surface area contributed by atoms with Crippen molar-refractivity contribution in [2.24, 2.45) is 0 Å². The number of hydrogen-bond donors (Lipinski definition) is 0. The first-order valence-corrected chi connectivity index (χ1v) is 5.14. The Labute approximate surface area is 96.6 Å². The van der Waals surface area contributed by atoms with Crippen molar-refractivity contribution in [1.29, 1.82) is 0 Å². The molecule has 0 aliphatic carbocycles. The van der Waals surface area contributed by atoms with Gasteiger partial charge in [-0.3, -0.25) is 0 Å². The lowest BCUT2D eigenvalue weighted by Crippen LogP contribution is -1.86. The Morgan fingerprint density at radius 2 is 1.79 bits per heavy atom. The fraction of sp³-hybridized carbons (Fsp3) is 0.100. The second kappa shape index (κ2) is 3.58. The van der Waals surface area contributed by atoms with Crippen molar-refractivity contribution in [2.45, 2.75) is 6.92 Å². The van der Waals surface area contributed by atoms with Crippen molar-refractivity contribution >= 4 is 45.7 Å². The van der Waals surface area contributed by atoms with Gasteiger partial charge in [0.25, 0.3) is 0 Å². The molecule has 0 amide bonds. The number of rotatable bonds is 0. The van der Waals surface area contributed by atoms with Gasteiger partial charge < -0.3 is 0 Å². The van der Waals surface area contributed by atoms with Crippen LogP contribution in [0.4, 0.5) is 0 Å². The lowest BCUT2D eigenvalue weighted by atomic mass is 10.1. The summed E-state index contributed by atoms with van der Waals surface area (Å²) in [5.41, 5.74) is 1.77. The third-order valence-corrected chi connectivity index (χ3v) is 2.84. The molecule has 0 aliphatic rings. The Balaban J connectivity index is 3.00. The second-order valence-electron chi connectivity index (χ2n) is 3.01. The summed E-state index contributed by atoms with van der Waals surface area (Å²) >= 11 is 17.9. The predicted molar refractivity (Wildman–Crippen MR) is 61.5 cm³/mol. The van der Waals surface area contributed by atoms with Crippen LogP contribution >= 0.6 is 34.8 Å². The summed E-state index contributed by atoms with van der Waals surface area (Å²) in [5.74, 6) is 0. The standard InChI is InChI=1S/C10H6Cl3N/c1-5-2-3-6(11)9-7(12)4-8(13)14-10(5)9/h2-4H,1H3. The van der Waals surface area contributed by atoms with Crippen LogP contribution in [-0.4, -0.2) is 4.98 Å². The number of pyridine rings is 1. The normalized spacial score (nSPS) is 10.9. The Hall–Kier alpha value is -0.500. The molecule has 0 saturated heterocycles. The third kappa shape index (κ3) is 1.56. The van der Waals surface area contributed by atoms with Crippen LogP contribution in [0.3, 0.4) is 0 Å². The van der Waals surface area contributed by atoms with Crippen molar-refractivity contribution in [3.8, 4) is 0 Å². The molecule has 1 heterocycles. The van der Waals surface area contributed by atoms with E-state index in [0.29, 0.717) is 15.2 Å². The van der Waals surface area contributed by atoms with E-state index in [1.54, 1.807) is 12.1 Å². The fourth-order valence-electron chi connectivity index (χ4n) is 1.36. The van der Waals surface area contributed by atoms with Gasteiger partial charge in [-0.1, -0.05) is 40.9 Å². The average molecular weight is 247 g/mol. The summed E-state index contributed by atoms with van der Waals surface area (Å²) in [6.07, 6.45) is 0. The number of aryl methyl sites for hydroxylation is 1. The highest BCUT2D eigenvalue weighted by Crippen LogP contribution is 2.32. The van der Waals surface area contributed by atoms with Crippen LogP contribution in [0, 0.1) is 6.92 Å². The van der Waals surface area contributed by atoms with Crippen molar-refractivity contribution in [3.63, 3.8) is 0 Å². The zero-order valence-corrected chi connectivity index (χ0v) is 9.58. The van der Waals surface area contributed by atoms with Gasteiger partial charge in [0.2, 0.25) is 0 Å². The number of benzene rings is 1. The number of hydrogen-bond acceptors (Lipinski definition) is 1. The molecule has 4 heteroatoms. The number of aromatic nitrogens is 1. The zero-order chi connectivity index (χ0) is 10.3. The van der Waals surface area contributed by atoms with Crippen LogP contribution in [-0.2, 0) is 0 Å². The zero-order valence-electron chi connectivity index (χ0n) is 7.31. The molecule has 0 atom stereocenters. The molecule has 1 aromatic carbocycles. The van der Waals surface area contributed by atoms with Crippen molar-refractivity contribution < 1.29 is 0 Å². The highest BCUT2D eigenvalue weighted by molar-refractivity contribution is 6.43. The highest BCUT2D eigenvalue weighted by atomic mass is 35.5. The van der Waals surface area contributed by atoms with Gasteiger partial charge in [0.15, 0.2) is 0 Å². The van der Waals surface area contributed by atoms with Crippen LogP contribution in [0.2, 0.25) is 15.2 Å².